The summed E-state index contributed by atoms with van der Waals surface area (Å²) in [5.74, 6) is 0. The Morgan fingerprint density at radius 1 is 1.13 bits per heavy atom. The number of sulfone groups is 1. The van der Waals surface area contributed by atoms with Crippen molar-refractivity contribution >= 4 is 39.3 Å². The second kappa shape index (κ2) is 7.51. The SMILES string of the molecule is CS(=O)(=O)c1ccccc1N1C2=C(N=CN(c3ccc(C(F)(F)F)nc3)C2N)SC1N. The molecule has 0 saturated carbocycles. The summed E-state index contributed by atoms with van der Waals surface area (Å²) in [7, 11) is -3.57. The fourth-order valence-corrected chi connectivity index (χ4v) is 5.20. The number of benzene rings is 1. The van der Waals surface area contributed by atoms with Gasteiger partial charge in [-0.05, 0) is 24.3 Å². The number of aliphatic imine (C=N–C) groups is 1. The van der Waals surface area contributed by atoms with Gasteiger partial charge >= 0.3 is 6.18 Å². The third-order valence-corrected chi connectivity index (χ3v) is 6.84. The highest BCUT2D eigenvalue weighted by Gasteiger charge is 2.41. The molecule has 0 saturated heterocycles. The first kappa shape index (κ1) is 21.6. The molecule has 3 heterocycles. The molecule has 1 aromatic heterocycles. The van der Waals surface area contributed by atoms with Crippen LogP contribution in [0, 0.1) is 0 Å². The van der Waals surface area contributed by atoms with Crippen molar-refractivity contribution in [3.63, 3.8) is 0 Å². The second-order valence-electron chi connectivity index (χ2n) is 6.80. The maximum absolute atomic E-state index is 12.8. The molecule has 2 aliphatic rings. The molecule has 4 N–H and O–H groups in total. The zero-order valence-corrected chi connectivity index (χ0v) is 17.6. The Labute approximate surface area is 180 Å². The molecule has 2 aromatic rings. The molecule has 0 radical (unpaired) electrons. The van der Waals surface area contributed by atoms with Crippen molar-refractivity contribution in [1.29, 1.82) is 0 Å². The molecule has 0 bridgehead atoms. The van der Waals surface area contributed by atoms with E-state index in [0.717, 1.165) is 18.5 Å². The second-order valence-corrected chi connectivity index (χ2v) is 9.89. The van der Waals surface area contributed by atoms with E-state index in [4.69, 9.17) is 11.5 Å². The highest BCUT2D eigenvalue weighted by molar-refractivity contribution is 8.04. The van der Waals surface area contributed by atoms with Gasteiger partial charge in [0.2, 0.25) is 0 Å². The van der Waals surface area contributed by atoms with Crippen molar-refractivity contribution in [2.75, 3.05) is 16.1 Å². The minimum atomic E-state index is -4.56. The van der Waals surface area contributed by atoms with Crippen LogP contribution < -0.4 is 21.3 Å². The van der Waals surface area contributed by atoms with Gasteiger partial charge in [-0.15, -0.1) is 0 Å². The number of nitrogens with two attached hydrogens (primary N) is 2. The first-order valence-electron chi connectivity index (χ1n) is 8.84. The van der Waals surface area contributed by atoms with E-state index in [2.05, 4.69) is 9.98 Å². The Bertz CT molecular complexity index is 1180. The van der Waals surface area contributed by atoms with E-state index in [1.54, 1.807) is 23.1 Å². The molecule has 13 heteroatoms. The standard InChI is InChI=1S/C18H17F3N6O2S2/c1-31(28,29)12-5-3-2-4-11(12)27-14-15(22)26(9-25-16(14)30-17(27)23)10-6-7-13(24-8-10)18(19,20)21/h2-9,15,17H,22-23H2,1H3. The van der Waals surface area contributed by atoms with Crippen LogP contribution in [0.3, 0.4) is 0 Å². The Morgan fingerprint density at radius 2 is 1.84 bits per heavy atom. The zero-order valence-electron chi connectivity index (χ0n) is 16.0. The molecule has 2 aliphatic heterocycles. The van der Waals surface area contributed by atoms with Crippen LogP contribution in [0.15, 0.2) is 63.2 Å². The zero-order chi connectivity index (χ0) is 22.6. The van der Waals surface area contributed by atoms with Crippen molar-refractivity contribution in [2.24, 2.45) is 16.5 Å². The summed E-state index contributed by atoms with van der Waals surface area (Å²) in [4.78, 5) is 10.9. The lowest BCUT2D eigenvalue weighted by Gasteiger charge is -2.36. The predicted octanol–water partition coefficient (Wildman–Crippen LogP) is 2.30. The Morgan fingerprint density at radius 3 is 2.45 bits per heavy atom. The van der Waals surface area contributed by atoms with Gasteiger partial charge in [-0.2, -0.15) is 13.2 Å². The number of alkyl halides is 3. The van der Waals surface area contributed by atoms with Crippen molar-refractivity contribution in [1.82, 2.24) is 4.98 Å². The number of thioether (sulfide) groups is 1. The third kappa shape index (κ3) is 3.89. The Balaban J connectivity index is 1.73. The monoisotopic (exact) mass is 470 g/mol. The molecule has 4 rings (SSSR count). The number of rotatable bonds is 3. The van der Waals surface area contributed by atoms with Crippen LogP contribution in [-0.2, 0) is 16.0 Å². The molecule has 0 amide bonds. The van der Waals surface area contributed by atoms with Crippen LogP contribution in [0.4, 0.5) is 24.5 Å². The average Bonchev–Trinajstić information content (AvgIpc) is 3.04. The van der Waals surface area contributed by atoms with Gasteiger partial charge in [0.05, 0.1) is 34.5 Å². The molecule has 31 heavy (non-hydrogen) atoms. The van der Waals surface area contributed by atoms with E-state index < -0.39 is 33.4 Å². The average molecular weight is 471 g/mol. The molecule has 1 aromatic carbocycles. The lowest BCUT2D eigenvalue weighted by molar-refractivity contribution is -0.141. The van der Waals surface area contributed by atoms with Gasteiger partial charge in [-0.25, -0.2) is 18.4 Å². The smallest absolute Gasteiger partial charge is 0.313 e. The van der Waals surface area contributed by atoms with Gasteiger partial charge in [-0.3, -0.25) is 0 Å². The first-order chi connectivity index (χ1) is 14.5. The molecule has 0 aliphatic carbocycles. The summed E-state index contributed by atoms with van der Waals surface area (Å²) in [5.41, 5.74) is 12.1. The number of anilines is 2. The number of pyridine rings is 1. The van der Waals surface area contributed by atoms with Gasteiger partial charge < -0.3 is 21.3 Å². The number of halogens is 3. The van der Waals surface area contributed by atoms with Crippen LogP contribution in [0.25, 0.3) is 0 Å². The van der Waals surface area contributed by atoms with Gasteiger partial charge in [0.1, 0.15) is 22.4 Å². The molecular formula is C18H17F3N6O2S2. The maximum Gasteiger partial charge on any atom is 0.433 e. The number of aromatic nitrogens is 1. The lowest BCUT2D eigenvalue weighted by Crippen LogP contribution is -2.50. The quantitative estimate of drug-likeness (QED) is 0.702. The highest BCUT2D eigenvalue weighted by atomic mass is 32.2. The van der Waals surface area contributed by atoms with Gasteiger partial charge in [-0.1, -0.05) is 23.9 Å². The molecular weight excluding hydrogens is 453 g/mol. The minimum absolute atomic E-state index is 0.0734. The Kier molecular flexibility index (Phi) is 5.24. The van der Waals surface area contributed by atoms with Crippen molar-refractivity contribution < 1.29 is 21.6 Å². The number of nitrogens with zero attached hydrogens (tertiary/aromatic N) is 4. The molecule has 0 fully saturated rings. The number of hydrogen-bond donors (Lipinski definition) is 2. The van der Waals surface area contributed by atoms with E-state index in [-0.39, 0.29) is 10.6 Å². The van der Waals surface area contributed by atoms with Crippen LogP contribution in [0.5, 0.6) is 0 Å². The maximum atomic E-state index is 12.8. The van der Waals surface area contributed by atoms with Gasteiger partial charge in [0.15, 0.2) is 9.84 Å². The number of hydrogen-bond acceptors (Lipinski definition) is 9. The molecule has 2 atom stereocenters. The number of para-hydroxylation sites is 1. The summed E-state index contributed by atoms with van der Waals surface area (Å²) in [6, 6.07) is 8.45. The largest absolute Gasteiger partial charge is 0.433 e. The molecule has 2 unspecified atom stereocenters. The fraction of sp³-hybridized carbons (Fsp3) is 0.222. The van der Waals surface area contributed by atoms with Crippen molar-refractivity contribution in [3.8, 4) is 0 Å². The minimum Gasteiger partial charge on any atom is -0.313 e. The van der Waals surface area contributed by atoms with Gasteiger partial charge in [0.25, 0.3) is 0 Å². The molecule has 164 valence electrons. The van der Waals surface area contributed by atoms with E-state index in [0.29, 0.717) is 16.4 Å². The summed E-state index contributed by atoms with van der Waals surface area (Å²) >= 11 is 1.20. The van der Waals surface area contributed by atoms with Crippen LogP contribution >= 0.6 is 11.8 Å². The van der Waals surface area contributed by atoms with Crippen molar-refractivity contribution in [3.05, 3.63) is 59.0 Å². The molecule has 0 spiro atoms. The van der Waals surface area contributed by atoms with E-state index in [1.165, 1.54) is 35.1 Å². The van der Waals surface area contributed by atoms with Crippen LogP contribution in [-0.4, -0.2) is 37.7 Å². The van der Waals surface area contributed by atoms with Crippen LogP contribution in [0.1, 0.15) is 5.69 Å². The normalized spacial score (nSPS) is 21.6. The van der Waals surface area contributed by atoms with Crippen LogP contribution in [0.2, 0.25) is 0 Å². The third-order valence-electron chi connectivity index (χ3n) is 4.71. The predicted molar refractivity (Wildman–Crippen MR) is 113 cm³/mol. The summed E-state index contributed by atoms with van der Waals surface area (Å²) in [5, 5.41) is 0.499. The Hall–Kier alpha value is -2.61. The molecule has 8 nitrogen and oxygen atoms in total. The summed E-state index contributed by atoms with van der Waals surface area (Å²) < 4.78 is 63.1. The topological polar surface area (TPSA) is 118 Å². The summed E-state index contributed by atoms with van der Waals surface area (Å²) in [6.45, 7) is 0. The van der Waals surface area contributed by atoms with Gasteiger partial charge in [0, 0.05) is 6.26 Å². The highest BCUT2D eigenvalue weighted by Crippen LogP contribution is 2.45. The lowest BCUT2D eigenvalue weighted by atomic mass is 10.2. The fourth-order valence-electron chi connectivity index (χ4n) is 3.32. The first-order valence-corrected chi connectivity index (χ1v) is 11.6. The van der Waals surface area contributed by atoms with E-state index in [9.17, 15) is 21.6 Å². The summed E-state index contributed by atoms with van der Waals surface area (Å²) in [6.07, 6.45) is -1.92. The van der Waals surface area contributed by atoms with E-state index in [1.807, 2.05) is 0 Å². The van der Waals surface area contributed by atoms with Crippen molar-refractivity contribution in [2.45, 2.75) is 22.7 Å². The van der Waals surface area contributed by atoms with E-state index >= 15 is 0 Å².